The third-order valence-corrected chi connectivity index (χ3v) is 3.45. The highest BCUT2D eigenvalue weighted by atomic mass is 16.1. The van der Waals surface area contributed by atoms with Crippen LogP contribution in [0.4, 0.5) is 0 Å². The highest BCUT2D eigenvalue weighted by Gasteiger charge is 2.48. The maximum Gasteiger partial charge on any atom is 0.133 e. The zero-order chi connectivity index (χ0) is 8.65. The Labute approximate surface area is 69.2 Å². The number of carbonyl (C=O) groups is 1. The summed E-state index contributed by atoms with van der Waals surface area (Å²) >= 11 is 0. The molecule has 1 aliphatic carbocycles. The van der Waals surface area contributed by atoms with Gasteiger partial charge in [0.25, 0.3) is 0 Å². The molecule has 0 radical (unpaired) electrons. The summed E-state index contributed by atoms with van der Waals surface area (Å²) in [6.45, 7) is 8.37. The summed E-state index contributed by atoms with van der Waals surface area (Å²) in [7, 11) is 0. The Morgan fingerprint density at radius 2 is 2.09 bits per heavy atom. The van der Waals surface area contributed by atoms with E-state index in [0.29, 0.717) is 11.7 Å². The number of hydrogen-bond acceptors (Lipinski definition) is 1. The molecular weight excluding hydrogens is 136 g/mol. The second-order valence-corrected chi connectivity index (χ2v) is 4.33. The van der Waals surface area contributed by atoms with Crippen LogP contribution in [0.15, 0.2) is 0 Å². The predicted molar refractivity (Wildman–Crippen MR) is 46.4 cm³/mol. The van der Waals surface area contributed by atoms with E-state index in [2.05, 4.69) is 20.8 Å². The summed E-state index contributed by atoms with van der Waals surface area (Å²) in [5, 5.41) is 0. The first-order chi connectivity index (χ1) is 5.00. The van der Waals surface area contributed by atoms with Crippen LogP contribution in [0.25, 0.3) is 0 Å². The van der Waals surface area contributed by atoms with Gasteiger partial charge in [-0.05, 0) is 24.7 Å². The largest absolute Gasteiger partial charge is 0.300 e. The van der Waals surface area contributed by atoms with Gasteiger partial charge in [-0.25, -0.2) is 0 Å². The lowest BCUT2D eigenvalue weighted by atomic mass is 9.53. The van der Waals surface area contributed by atoms with Crippen LogP contribution in [-0.2, 0) is 4.79 Å². The number of rotatable bonds is 2. The molecule has 0 bridgehead atoms. The van der Waals surface area contributed by atoms with E-state index < -0.39 is 0 Å². The quantitative estimate of drug-likeness (QED) is 0.597. The summed E-state index contributed by atoms with van der Waals surface area (Å²) in [6, 6.07) is 0. The number of hydrogen-bond donors (Lipinski definition) is 0. The standard InChI is InChI=1S/C10H18O/c1-5-8-6-9(7(2)11)10(8,3)4/h8-9H,5-6H2,1-4H3. The smallest absolute Gasteiger partial charge is 0.133 e. The second-order valence-electron chi connectivity index (χ2n) is 4.33. The van der Waals surface area contributed by atoms with Gasteiger partial charge in [0.1, 0.15) is 5.78 Å². The van der Waals surface area contributed by atoms with E-state index in [4.69, 9.17) is 0 Å². The molecule has 0 heterocycles. The fourth-order valence-corrected chi connectivity index (χ4v) is 2.40. The lowest BCUT2D eigenvalue weighted by Crippen LogP contribution is -2.47. The van der Waals surface area contributed by atoms with E-state index in [1.807, 2.05) is 0 Å². The topological polar surface area (TPSA) is 17.1 Å². The Bertz CT molecular complexity index is 170. The monoisotopic (exact) mass is 154 g/mol. The number of ketones is 1. The molecule has 11 heavy (non-hydrogen) atoms. The van der Waals surface area contributed by atoms with Crippen LogP contribution in [0.5, 0.6) is 0 Å². The van der Waals surface area contributed by atoms with Crippen LogP contribution < -0.4 is 0 Å². The van der Waals surface area contributed by atoms with E-state index in [1.54, 1.807) is 6.92 Å². The van der Waals surface area contributed by atoms with E-state index in [-0.39, 0.29) is 5.41 Å². The van der Waals surface area contributed by atoms with Crippen LogP contribution in [-0.4, -0.2) is 5.78 Å². The van der Waals surface area contributed by atoms with Gasteiger partial charge in [0.2, 0.25) is 0 Å². The van der Waals surface area contributed by atoms with Crippen molar-refractivity contribution in [1.82, 2.24) is 0 Å². The molecule has 0 saturated heterocycles. The van der Waals surface area contributed by atoms with Crippen molar-refractivity contribution in [3.63, 3.8) is 0 Å². The SMILES string of the molecule is CCC1CC(C(C)=O)C1(C)C. The minimum absolute atomic E-state index is 0.278. The van der Waals surface area contributed by atoms with Crippen LogP contribution in [0.1, 0.15) is 40.5 Å². The lowest BCUT2D eigenvalue weighted by Gasteiger charge is -2.51. The van der Waals surface area contributed by atoms with Crippen LogP contribution in [0.2, 0.25) is 0 Å². The van der Waals surface area contributed by atoms with Gasteiger partial charge in [-0.3, -0.25) is 4.79 Å². The van der Waals surface area contributed by atoms with Crippen molar-refractivity contribution >= 4 is 5.78 Å². The average molecular weight is 154 g/mol. The van der Waals surface area contributed by atoms with Crippen molar-refractivity contribution in [2.45, 2.75) is 40.5 Å². The molecule has 1 rings (SSSR count). The second kappa shape index (κ2) is 2.62. The van der Waals surface area contributed by atoms with Crippen LogP contribution in [0, 0.1) is 17.3 Å². The predicted octanol–water partition coefficient (Wildman–Crippen LogP) is 2.65. The third kappa shape index (κ3) is 1.21. The molecule has 2 unspecified atom stereocenters. The third-order valence-electron chi connectivity index (χ3n) is 3.45. The van der Waals surface area contributed by atoms with Crippen molar-refractivity contribution < 1.29 is 4.79 Å². The molecule has 1 heteroatoms. The molecule has 0 aromatic heterocycles. The summed E-state index contributed by atoms with van der Waals surface area (Å²) in [6.07, 6.45) is 2.34. The molecule has 1 fully saturated rings. The first-order valence-corrected chi connectivity index (χ1v) is 4.50. The molecule has 0 aromatic carbocycles. The lowest BCUT2D eigenvalue weighted by molar-refractivity contribution is -0.136. The van der Waals surface area contributed by atoms with E-state index in [1.165, 1.54) is 6.42 Å². The molecule has 0 aromatic rings. The Hall–Kier alpha value is -0.330. The Balaban J connectivity index is 2.61. The Kier molecular flexibility index (Phi) is 2.08. The first-order valence-electron chi connectivity index (χ1n) is 4.50. The maximum absolute atomic E-state index is 11.1. The normalized spacial score (nSPS) is 34.5. The molecule has 64 valence electrons. The van der Waals surface area contributed by atoms with Gasteiger partial charge in [-0.1, -0.05) is 27.2 Å². The molecule has 0 N–H and O–H groups in total. The Morgan fingerprint density at radius 1 is 1.55 bits per heavy atom. The van der Waals surface area contributed by atoms with Gasteiger partial charge in [-0.2, -0.15) is 0 Å². The zero-order valence-corrected chi connectivity index (χ0v) is 7.98. The van der Waals surface area contributed by atoms with Gasteiger partial charge in [0, 0.05) is 5.92 Å². The maximum atomic E-state index is 11.1. The molecule has 0 spiro atoms. The fraction of sp³-hybridized carbons (Fsp3) is 0.900. The van der Waals surface area contributed by atoms with Gasteiger partial charge >= 0.3 is 0 Å². The van der Waals surface area contributed by atoms with E-state index in [9.17, 15) is 4.79 Å². The van der Waals surface area contributed by atoms with Crippen molar-refractivity contribution in [1.29, 1.82) is 0 Å². The highest BCUT2D eigenvalue weighted by Crippen LogP contribution is 2.52. The molecule has 2 atom stereocenters. The van der Waals surface area contributed by atoms with Crippen LogP contribution >= 0.6 is 0 Å². The fourth-order valence-electron chi connectivity index (χ4n) is 2.40. The molecule has 1 aliphatic rings. The minimum atomic E-state index is 0.278. The summed E-state index contributed by atoms with van der Waals surface area (Å²) < 4.78 is 0. The molecular formula is C10H18O. The van der Waals surface area contributed by atoms with Crippen molar-refractivity contribution in [2.24, 2.45) is 17.3 Å². The molecule has 0 amide bonds. The molecule has 1 saturated carbocycles. The van der Waals surface area contributed by atoms with E-state index in [0.717, 1.165) is 12.3 Å². The summed E-state index contributed by atoms with van der Waals surface area (Å²) in [5.74, 6) is 1.49. The van der Waals surface area contributed by atoms with E-state index >= 15 is 0 Å². The van der Waals surface area contributed by atoms with Gasteiger partial charge < -0.3 is 0 Å². The average Bonchev–Trinajstić information content (AvgIpc) is 1.85. The number of Topliss-reactive ketones (excluding diaryl/α,β-unsaturated/α-hetero) is 1. The molecule has 1 nitrogen and oxygen atoms in total. The minimum Gasteiger partial charge on any atom is -0.300 e. The van der Waals surface area contributed by atoms with Gasteiger partial charge in [-0.15, -0.1) is 0 Å². The summed E-state index contributed by atoms with van der Waals surface area (Å²) in [4.78, 5) is 11.1. The van der Waals surface area contributed by atoms with Gasteiger partial charge in [0.05, 0.1) is 0 Å². The van der Waals surface area contributed by atoms with Crippen molar-refractivity contribution in [2.75, 3.05) is 0 Å². The zero-order valence-electron chi connectivity index (χ0n) is 7.98. The molecule has 0 aliphatic heterocycles. The highest BCUT2D eigenvalue weighted by molar-refractivity contribution is 5.80. The first kappa shape index (κ1) is 8.76. The Morgan fingerprint density at radius 3 is 2.36 bits per heavy atom. The van der Waals surface area contributed by atoms with Crippen molar-refractivity contribution in [3.05, 3.63) is 0 Å². The van der Waals surface area contributed by atoms with Crippen LogP contribution in [0.3, 0.4) is 0 Å². The van der Waals surface area contributed by atoms with Crippen molar-refractivity contribution in [3.8, 4) is 0 Å². The summed E-state index contributed by atoms with van der Waals surface area (Å²) in [5.41, 5.74) is 0.278. The van der Waals surface area contributed by atoms with Gasteiger partial charge in [0.15, 0.2) is 0 Å². The number of carbonyl (C=O) groups excluding carboxylic acids is 1.